The molecule has 0 unspecified atom stereocenters. The summed E-state index contributed by atoms with van der Waals surface area (Å²) in [5.74, 6) is -1.89. The minimum atomic E-state index is -1.14. The average Bonchev–Trinajstić information content (AvgIpc) is 1.94. The Morgan fingerprint density at radius 1 is 1.17 bits per heavy atom. The van der Waals surface area contributed by atoms with Gasteiger partial charge in [0.15, 0.2) is 11.5 Å². The molecule has 0 spiro atoms. The fourth-order valence-electron chi connectivity index (χ4n) is 0.656. The third kappa shape index (κ3) is 2.61. The number of aromatic hydroxyl groups is 2. The minimum Gasteiger partial charge on any atom is -0.504 e. The van der Waals surface area contributed by atoms with Gasteiger partial charge < -0.3 is 15.3 Å². The molecule has 1 rings (SSSR count). The first kappa shape index (κ1) is 11.7. The van der Waals surface area contributed by atoms with Crippen LogP contribution in [0.4, 0.5) is 0 Å². The monoisotopic (exact) mass is 294 g/mol. The zero-order valence-electron chi connectivity index (χ0n) is 5.98. The Morgan fingerprint density at radius 3 is 2.17 bits per heavy atom. The average molecular weight is 294 g/mol. The van der Waals surface area contributed by atoms with Crippen molar-refractivity contribution in [2.75, 3.05) is 0 Å². The molecule has 0 aliphatic heterocycles. The van der Waals surface area contributed by atoms with E-state index in [4.69, 9.17) is 15.3 Å². The molecule has 4 nitrogen and oxygen atoms in total. The van der Waals surface area contributed by atoms with E-state index in [0.717, 1.165) is 12.1 Å². The molecule has 0 heterocycles. The third-order valence-electron chi connectivity index (χ3n) is 1.22. The van der Waals surface area contributed by atoms with Gasteiger partial charge in [0.2, 0.25) is 0 Å². The predicted molar refractivity (Wildman–Crippen MR) is 36.7 cm³/mol. The van der Waals surface area contributed by atoms with Gasteiger partial charge in [-0.05, 0) is 18.2 Å². The molecule has 0 fully saturated rings. The van der Waals surface area contributed by atoms with Crippen molar-refractivity contribution in [3.63, 3.8) is 0 Å². The minimum absolute atomic E-state index is 0. The molecule has 0 aliphatic carbocycles. The quantitative estimate of drug-likeness (QED) is 0.669. The number of phenols is 2. The SMILES string of the molecule is O=C(O)c1ccc(O)c(O)c1.[Ce]. The van der Waals surface area contributed by atoms with Gasteiger partial charge in [-0.3, -0.25) is 0 Å². The van der Waals surface area contributed by atoms with Crippen molar-refractivity contribution < 1.29 is 61.9 Å². The largest absolute Gasteiger partial charge is 0.504 e. The summed E-state index contributed by atoms with van der Waals surface area (Å²) in [6, 6.07) is 3.31. The molecular weight excluding hydrogens is 288 g/mol. The standard InChI is InChI=1S/C7H6O4.Ce/c8-5-2-1-4(7(10)11)3-6(5)9;/h1-3,8-9H,(H,10,11);. The summed E-state index contributed by atoms with van der Waals surface area (Å²) in [6.07, 6.45) is 0. The Labute approximate surface area is 102 Å². The van der Waals surface area contributed by atoms with Crippen LogP contribution in [-0.2, 0) is 0 Å². The zero-order chi connectivity index (χ0) is 8.43. The first-order chi connectivity index (χ1) is 5.11. The van der Waals surface area contributed by atoms with E-state index in [1.54, 1.807) is 0 Å². The van der Waals surface area contributed by atoms with E-state index in [1.165, 1.54) is 6.07 Å². The Balaban J connectivity index is 0.00000121. The van der Waals surface area contributed by atoms with Crippen molar-refractivity contribution in [3.8, 4) is 11.5 Å². The van der Waals surface area contributed by atoms with Gasteiger partial charge in [-0.1, -0.05) is 0 Å². The van der Waals surface area contributed by atoms with Crippen molar-refractivity contribution in [2.24, 2.45) is 0 Å². The van der Waals surface area contributed by atoms with Crippen LogP contribution in [0.15, 0.2) is 18.2 Å². The second-order valence-corrected chi connectivity index (χ2v) is 2.01. The van der Waals surface area contributed by atoms with Gasteiger partial charge in [-0.15, -0.1) is 0 Å². The van der Waals surface area contributed by atoms with E-state index in [0.29, 0.717) is 0 Å². The van der Waals surface area contributed by atoms with Crippen molar-refractivity contribution >= 4 is 5.97 Å². The van der Waals surface area contributed by atoms with Crippen LogP contribution in [0.3, 0.4) is 0 Å². The molecule has 5 heteroatoms. The molecule has 12 heavy (non-hydrogen) atoms. The summed E-state index contributed by atoms with van der Waals surface area (Å²) in [4.78, 5) is 10.3. The number of benzene rings is 1. The maximum atomic E-state index is 10.3. The molecule has 1 aromatic rings. The number of carboxylic acids is 1. The van der Waals surface area contributed by atoms with Gasteiger partial charge in [0.05, 0.1) is 5.56 Å². The fourth-order valence-corrected chi connectivity index (χ4v) is 0.656. The van der Waals surface area contributed by atoms with Crippen LogP contribution in [-0.4, -0.2) is 21.3 Å². The number of aromatic carboxylic acids is 1. The molecule has 0 amide bonds. The molecule has 1 aromatic carbocycles. The molecular formula is C7H6CeO4. The smallest absolute Gasteiger partial charge is 0.335 e. The molecule has 3 N–H and O–H groups in total. The Morgan fingerprint density at radius 2 is 1.75 bits per heavy atom. The number of hydrogen-bond acceptors (Lipinski definition) is 3. The summed E-state index contributed by atoms with van der Waals surface area (Å²) >= 11 is 0. The molecule has 62 valence electrons. The molecule has 0 saturated heterocycles. The van der Waals surface area contributed by atoms with Crippen LogP contribution < -0.4 is 0 Å². The number of rotatable bonds is 1. The number of carbonyl (C=O) groups is 1. The predicted octanol–water partition coefficient (Wildman–Crippen LogP) is 0.796. The van der Waals surface area contributed by atoms with Gasteiger partial charge in [0, 0.05) is 41.7 Å². The van der Waals surface area contributed by atoms with E-state index in [1.807, 2.05) is 0 Å². The van der Waals surface area contributed by atoms with Gasteiger partial charge in [-0.25, -0.2) is 4.79 Å². The van der Waals surface area contributed by atoms with Gasteiger partial charge >= 0.3 is 5.97 Å². The van der Waals surface area contributed by atoms with Crippen molar-refractivity contribution in [1.29, 1.82) is 0 Å². The Kier molecular flexibility index (Phi) is 4.50. The van der Waals surface area contributed by atoms with Crippen LogP contribution in [0.25, 0.3) is 0 Å². The summed E-state index contributed by atoms with van der Waals surface area (Å²) in [5.41, 5.74) is -0.0553. The molecule has 0 atom stereocenters. The van der Waals surface area contributed by atoms with Crippen LogP contribution in [0, 0.1) is 41.7 Å². The van der Waals surface area contributed by atoms with Gasteiger partial charge in [-0.2, -0.15) is 0 Å². The normalized spacial score (nSPS) is 8.67. The van der Waals surface area contributed by atoms with Crippen molar-refractivity contribution in [2.45, 2.75) is 0 Å². The maximum Gasteiger partial charge on any atom is 0.335 e. The van der Waals surface area contributed by atoms with E-state index >= 15 is 0 Å². The summed E-state index contributed by atoms with van der Waals surface area (Å²) in [7, 11) is 0. The molecule has 0 radical (unpaired) electrons. The molecule has 0 saturated carbocycles. The third-order valence-corrected chi connectivity index (χ3v) is 1.22. The Hall–Kier alpha value is -0.333. The van der Waals surface area contributed by atoms with Crippen LogP contribution in [0.5, 0.6) is 11.5 Å². The van der Waals surface area contributed by atoms with Gasteiger partial charge in [0.1, 0.15) is 0 Å². The second kappa shape index (κ2) is 4.63. The van der Waals surface area contributed by atoms with E-state index < -0.39 is 11.7 Å². The van der Waals surface area contributed by atoms with E-state index in [9.17, 15) is 4.79 Å². The first-order valence-electron chi connectivity index (χ1n) is 2.86. The van der Waals surface area contributed by atoms with Crippen LogP contribution in [0.2, 0.25) is 0 Å². The fraction of sp³-hybridized carbons (Fsp3) is 0. The van der Waals surface area contributed by atoms with E-state index in [-0.39, 0.29) is 53.1 Å². The summed E-state index contributed by atoms with van der Waals surface area (Å²) in [6.45, 7) is 0. The van der Waals surface area contributed by atoms with Crippen LogP contribution in [0.1, 0.15) is 10.4 Å². The zero-order valence-corrected chi connectivity index (χ0v) is 9.12. The summed E-state index contributed by atoms with van der Waals surface area (Å²) in [5, 5.41) is 26.0. The van der Waals surface area contributed by atoms with Crippen molar-refractivity contribution in [1.82, 2.24) is 0 Å². The molecule has 0 bridgehead atoms. The number of hydrogen-bond donors (Lipinski definition) is 3. The number of phenolic OH excluding ortho intramolecular Hbond substituents is 2. The summed E-state index contributed by atoms with van der Waals surface area (Å²) < 4.78 is 0. The van der Waals surface area contributed by atoms with Crippen molar-refractivity contribution in [3.05, 3.63) is 23.8 Å². The van der Waals surface area contributed by atoms with Crippen LogP contribution >= 0.6 is 0 Å². The first-order valence-corrected chi connectivity index (χ1v) is 2.86. The second-order valence-electron chi connectivity index (χ2n) is 2.01. The van der Waals surface area contributed by atoms with Gasteiger partial charge in [0.25, 0.3) is 0 Å². The Bertz CT molecular complexity index is 297. The topological polar surface area (TPSA) is 77.8 Å². The molecule has 0 aliphatic rings. The number of carboxylic acid groups (broad SMARTS) is 1. The molecule has 0 aromatic heterocycles. The van der Waals surface area contributed by atoms with E-state index in [2.05, 4.69) is 0 Å². The maximum absolute atomic E-state index is 10.3.